The molecule has 0 fully saturated rings. The Morgan fingerprint density at radius 1 is 1.33 bits per heavy atom. The molecule has 0 amide bonds. The number of ether oxygens (including phenoxy) is 1. The number of methoxy groups -OCH3 is 1. The van der Waals surface area contributed by atoms with Crippen molar-refractivity contribution < 1.29 is 9.53 Å². The van der Waals surface area contributed by atoms with E-state index in [-0.39, 0.29) is 5.70 Å². The van der Waals surface area contributed by atoms with Crippen molar-refractivity contribution in [3.05, 3.63) is 54.2 Å². The van der Waals surface area contributed by atoms with Crippen LogP contribution in [0.15, 0.2) is 48.1 Å². The Bertz CT molecular complexity index is 548. The third kappa shape index (κ3) is 3.42. The van der Waals surface area contributed by atoms with Crippen LogP contribution in [-0.4, -0.2) is 19.3 Å². The topological polar surface area (TPSA) is 62.5 Å². The maximum Gasteiger partial charge on any atom is 0.337 e. The second-order valence-electron chi connectivity index (χ2n) is 3.41. The Balaban J connectivity index is 2.83. The summed E-state index contributed by atoms with van der Waals surface area (Å²) >= 11 is 0. The van der Waals surface area contributed by atoms with E-state index in [2.05, 4.69) is 22.9 Å². The van der Waals surface area contributed by atoms with Gasteiger partial charge < -0.3 is 4.74 Å². The highest BCUT2D eigenvalue weighted by atomic mass is 16.5. The van der Waals surface area contributed by atoms with Gasteiger partial charge in [-0.05, 0) is 23.3 Å². The molecule has 1 aromatic rings. The first-order valence-electron chi connectivity index (χ1n) is 5.09. The molecule has 0 unspecified atom stereocenters. The molecule has 1 aromatic carbocycles. The zero-order chi connectivity index (χ0) is 13.5. The first-order chi connectivity index (χ1) is 8.58. The molecule has 0 aromatic heterocycles. The summed E-state index contributed by atoms with van der Waals surface area (Å²) in [6.45, 7) is 7.24. The Labute approximate surface area is 106 Å². The SMILES string of the molecule is C=C(C#N)N=CC(=C)c1ccc(C(=O)OC)cc1. The summed E-state index contributed by atoms with van der Waals surface area (Å²) in [5, 5.41) is 8.50. The molecule has 0 N–H and O–H groups in total. The number of allylic oxidation sites excluding steroid dienone is 2. The highest BCUT2D eigenvalue weighted by Crippen LogP contribution is 2.12. The zero-order valence-corrected chi connectivity index (χ0v) is 10.0. The molecule has 0 heterocycles. The van der Waals surface area contributed by atoms with Crippen LogP contribution in [0.25, 0.3) is 5.57 Å². The second-order valence-corrected chi connectivity index (χ2v) is 3.41. The average Bonchev–Trinajstić information content (AvgIpc) is 2.43. The molecular weight excluding hydrogens is 228 g/mol. The number of nitriles is 1. The molecule has 4 heteroatoms. The molecule has 1 rings (SSSR count). The van der Waals surface area contributed by atoms with Crippen molar-refractivity contribution >= 4 is 17.8 Å². The predicted molar refractivity (Wildman–Crippen MR) is 70.1 cm³/mol. The quantitative estimate of drug-likeness (QED) is 0.461. The highest BCUT2D eigenvalue weighted by molar-refractivity contribution is 6.09. The van der Waals surface area contributed by atoms with Gasteiger partial charge >= 0.3 is 5.97 Å². The fourth-order valence-corrected chi connectivity index (χ4v) is 1.20. The summed E-state index contributed by atoms with van der Waals surface area (Å²) in [7, 11) is 1.33. The normalized spacial score (nSPS) is 9.78. The highest BCUT2D eigenvalue weighted by Gasteiger charge is 2.04. The summed E-state index contributed by atoms with van der Waals surface area (Å²) < 4.78 is 4.59. The van der Waals surface area contributed by atoms with Crippen LogP contribution in [0, 0.1) is 11.3 Å². The van der Waals surface area contributed by atoms with Crippen molar-refractivity contribution in [1.82, 2.24) is 0 Å². The first-order valence-corrected chi connectivity index (χ1v) is 5.09. The minimum atomic E-state index is -0.390. The Kier molecular flexibility index (Phi) is 4.58. The third-order valence-electron chi connectivity index (χ3n) is 2.18. The maximum absolute atomic E-state index is 11.2. The van der Waals surface area contributed by atoms with E-state index in [1.807, 2.05) is 6.07 Å². The van der Waals surface area contributed by atoms with Crippen LogP contribution in [-0.2, 0) is 4.74 Å². The lowest BCUT2D eigenvalue weighted by Gasteiger charge is -2.02. The van der Waals surface area contributed by atoms with Crippen molar-refractivity contribution in [2.24, 2.45) is 4.99 Å². The largest absolute Gasteiger partial charge is 0.465 e. The number of aliphatic imine (C=N–C) groups is 1. The van der Waals surface area contributed by atoms with Gasteiger partial charge in [0.15, 0.2) is 0 Å². The molecule has 0 aliphatic heterocycles. The lowest BCUT2D eigenvalue weighted by atomic mass is 10.1. The van der Waals surface area contributed by atoms with Crippen LogP contribution in [0.1, 0.15) is 15.9 Å². The minimum absolute atomic E-state index is 0.113. The van der Waals surface area contributed by atoms with Crippen molar-refractivity contribution in [3.8, 4) is 6.07 Å². The van der Waals surface area contributed by atoms with E-state index in [1.54, 1.807) is 24.3 Å². The zero-order valence-electron chi connectivity index (χ0n) is 10.0. The standard InChI is InChI=1S/C14H12N2O2/c1-10(9-16-11(2)8-15)12-4-6-13(7-5-12)14(17)18-3/h4-7,9H,1-2H2,3H3. The molecule has 0 spiro atoms. The van der Waals surface area contributed by atoms with E-state index < -0.39 is 5.97 Å². The number of carbonyl (C=O) groups is 1. The van der Waals surface area contributed by atoms with E-state index >= 15 is 0 Å². The molecule has 0 saturated carbocycles. The Morgan fingerprint density at radius 3 is 2.39 bits per heavy atom. The minimum Gasteiger partial charge on any atom is -0.465 e. The number of esters is 1. The predicted octanol–water partition coefficient (Wildman–Crippen LogP) is 2.59. The summed E-state index contributed by atoms with van der Waals surface area (Å²) in [5.74, 6) is -0.390. The fourth-order valence-electron chi connectivity index (χ4n) is 1.20. The van der Waals surface area contributed by atoms with Gasteiger partial charge in [0.2, 0.25) is 0 Å². The molecule has 0 radical (unpaired) electrons. The third-order valence-corrected chi connectivity index (χ3v) is 2.18. The van der Waals surface area contributed by atoms with Crippen molar-refractivity contribution in [2.45, 2.75) is 0 Å². The van der Waals surface area contributed by atoms with Gasteiger partial charge in [-0.1, -0.05) is 25.3 Å². The molecular formula is C14H12N2O2. The lowest BCUT2D eigenvalue weighted by Crippen LogP contribution is -2.00. The Hall–Kier alpha value is -2.67. The van der Waals surface area contributed by atoms with Crippen LogP contribution in [0.5, 0.6) is 0 Å². The van der Waals surface area contributed by atoms with Gasteiger partial charge in [-0.15, -0.1) is 0 Å². The van der Waals surface area contributed by atoms with E-state index in [0.717, 1.165) is 5.56 Å². The summed E-state index contributed by atoms with van der Waals surface area (Å²) in [6.07, 6.45) is 1.46. The van der Waals surface area contributed by atoms with Gasteiger partial charge in [-0.2, -0.15) is 5.26 Å². The maximum atomic E-state index is 11.2. The molecule has 0 saturated heterocycles. The van der Waals surface area contributed by atoms with Gasteiger partial charge in [-0.25, -0.2) is 9.79 Å². The fraction of sp³-hybridized carbons (Fsp3) is 0.0714. The molecule has 0 aliphatic rings. The van der Waals surface area contributed by atoms with Crippen molar-refractivity contribution in [3.63, 3.8) is 0 Å². The van der Waals surface area contributed by atoms with Gasteiger partial charge in [0.25, 0.3) is 0 Å². The number of nitrogens with zero attached hydrogens (tertiary/aromatic N) is 2. The molecule has 0 bridgehead atoms. The number of carbonyl (C=O) groups excluding carboxylic acids is 1. The van der Waals surface area contributed by atoms with Gasteiger partial charge in [0, 0.05) is 6.21 Å². The molecule has 18 heavy (non-hydrogen) atoms. The monoisotopic (exact) mass is 240 g/mol. The first kappa shape index (κ1) is 13.4. The van der Waals surface area contributed by atoms with E-state index in [9.17, 15) is 4.79 Å². The van der Waals surface area contributed by atoms with Crippen LogP contribution in [0.2, 0.25) is 0 Å². The van der Waals surface area contributed by atoms with Gasteiger partial charge in [-0.3, -0.25) is 0 Å². The van der Waals surface area contributed by atoms with Crippen LogP contribution in [0.4, 0.5) is 0 Å². The van der Waals surface area contributed by atoms with E-state index in [4.69, 9.17) is 5.26 Å². The number of rotatable bonds is 4. The van der Waals surface area contributed by atoms with Crippen LogP contribution >= 0.6 is 0 Å². The Morgan fingerprint density at radius 2 is 1.89 bits per heavy atom. The molecule has 4 nitrogen and oxygen atoms in total. The number of hydrogen-bond acceptors (Lipinski definition) is 4. The van der Waals surface area contributed by atoms with Gasteiger partial charge in [0.05, 0.1) is 12.7 Å². The average molecular weight is 240 g/mol. The van der Waals surface area contributed by atoms with Crippen LogP contribution in [0.3, 0.4) is 0 Å². The summed E-state index contributed by atoms with van der Waals surface area (Å²) in [5.41, 5.74) is 2.01. The lowest BCUT2D eigenvalue weighted by molar-refractivity contribution is 0.0601. The van der Waals surface area contributed by atoms with Crippen molar-refractivity contribution in [1.29, 1.82) is 5.26 Å². The molecule has 90 valence electrons. The molecule has 0 aliphatic carbocycles. The van der Waals surface area contributed by atoms with E-state index in [0.29, 0.717) is 11.1 Å². The smallest absolute Gasteiger partial charge is 0.337 e. The van der Waals surface area contributed by atoms with Gasteiger partial charge in [0.1, 0.15) is 11.8 Å². The van der Waals surface area contributed by atoms with Crippen molar-refractivity contribution in [2.75, 3.05) is 7.11 Å². The summed E-state index contributed by atoms with van der Waals surface area (Å²) in [6, 6.07) is 8.55. The molecule has 0 atom stereocenters. The number of hydrogen-bond donors (Lipinski definition) is 0. The van der Waals surface area contributed by atoms with E-state index in [1.165, 1.54) is 13.3 Å². The van der Waals surface area contributed by atoms with Crippen LogP contribution < -0.4 is 0 Å². The summed E-state index contributed by atoms with van der Waals surface area (Å²) in [4.78, 5) is 15.1. The second kappa shape index (κ2) is 6.16. The number of benzene rings is 1.